The number of alkyl carbamates (subject to hydrolysis) is 1. The van der Waals surface area contributed by atoms with Crippen molar-refractivity contribution in [3.8, 4) is 0 Å². The van der Waals surface area contributed by atoms with Gasteiger partial charge in [-0.3, -0.25) is 10.3 Å². The Hall–Kier alpha value is -3.65. The maximum atomic E-state index is 12.8. The molecule has 0 radical (unpaired) electrons. The molecule has 0 aliphatic carbocycles. The van der Waals surface area contributed by atoms with Crippen molar-refractivity contribution in [1.82, 2.24) is 25.8 Å². The number of nitrogens with one attached hydrogen (secondary N) is 4. The number of carbonyl (C=O) groups excluding carboxylic acids is 1. The third kappa shape index (κ3) is 6.66. The molecule has 178 valence electrons. The van der Waals surface area contributed by atoms with Crippen molar-refractivity contribution in [1.29, 1.82) is 0 Å². The molecule has 5 N–H and O–H groups in total. The minimum Gasteiger partial charge on any atom is -0.478 e. The number of aliphatic imine (C=N–C) groups is 1. The molecule has 3 rings (SSSR count). The van der Waals surface area contributed by atoms with Gasteiger partial charge in [0, 0.05) is 19.2 Å². The molecule has 2 heterocycles. The Balaban J connectivity index is 1.69. The molecule has 1 aromatic carbocycles. The van der Waals surface area contributed by atoms with Crippen LogP contribution < -0.4 is 20.7 Å². The van der Waals surface area contributed by atoms with Gasteiger partial charge in [0.2, 0.25) is 15.7 Å². The van der Waals surface area contributed by atoms with Crippen LogP contribution in [0.3, 0.4) is 0 Å². The van der Waals surface area contributed by atoms with Crippen LogP contribution in [0.1, 0.15) is 12.2 Å². The lowest BCUT2D eigenvalue weighted by molar-refractivity contribution is -0.145. The molecule has 33 heavy (non-hydrogen) atoms. The third-order valence-corrected chi connectivity index (χ3v) is 6.00. The van der Waals surface area contributed by atoms with Gasteiger partial charge in [0.15, 0.2) is 5.96 Å². The Kier molecular flexibility index (Phi) is 7.84. The predicted octanol–water partition coefficient (Wildman–Crippen LogP) is -0.358. The second-order valence-electron chi connectivity index (χ2n) is 6.98. The average Bonchev–Trinajstić information content (AvgIpc) is 3.48. The number of amides is 1. The van der Waals surface area contributed by atoms with Gasteiger partial charge >= 0.3 is 12.1 Å². The van der Waals surface area contributed by atoms with Gasteiger partial charge in [-0.2, -0.15) is 4.72 Å². The summed E-state index contributed by atoms with van der Waals surface area (Å²) in [5.41, 5.74) is -2.49. The summed E-state index contributed by atoms with van der Waals surface area (Å²) < 4.78 is 37.8. The van der Waals surface area contributed by atoms with Crippen molar-refractivity contribution < 1.29 is 32.4 Å². The van der Waals surface area contributed by atoms with Crippen LogP contribution in [0.4, 0.5) is 4.79 Å². The standard InChI is InChI=1S/C19H24N6O7S/c26-16(27)19(13-14-7-9-23-32-14,25-33(29,30)15-5-2-1-3-6-15)24-18(28)31-12-4-8-20-17-21-10-11-22-17/h1-3,5-7,9,25H,4,8,10-13H2,(H,24,28)(H,26,27)(H2,20,21,22). The van der Waals surface area contributed by atoms with Crippen LogP contribution in [0.5, 0.6) is 0 Å². The number of carboxylic acids is 1. The zero-order chi connectivity index (χ0) is 23.7. The molecule has 1 aliphatic rings. The lowest BCUT2D eigenvalue weighted by Gasteiger charge is -2.30. The van der Waals surface area contributed by atoms with E-state index < -0.39 is 34.2 Å². The monoisotopic (exact) mass is 480 g/mol. The zero-order valence-electron chi connectivity index (χ0n) is 17.5. The maximum absolute atomic E-state index is 12.8. The number of aromatic nitrogens is 1. The number of guanidine groups is 1. The largest absolute Gasteiger partial charge is 0.478 e. The molecular weight excluding hydrogens is 456 g/mol. The van der Waals surface area contributed by atoms with Gasteiger partial charge in [-0.1, -0.05) is 23.4 Å². The molecule has 13 nitrogen and oxygen atoms in total. The van der Waals surface area contributed by atoms with Gasteiger partial charge in [-0.25, -0.2) is 18.0 Å². The van der Waals surface area contributed by atoms with Crippen LogP contribution in [0.15, 0.2) is 57.0 Å². The summed E-state index contributed by atoms with van der Waals surface area (Å²) in [6, 6.07) is 8.51. The summed E-state index contributed by atoms with van der Waals surface area (Å²) in [6.07, 6.45) is -0.00517. The number of aliphatic carboxylic acids is 1. The zero-order valence-corrected chi connectivity index (χ0v) is 18.3. The Morgan fingerprint density at radius 1 is 1.24 bits per heavy atom. The summed E-state index contributed by atoms with van der Waals surface area (Å²) >= 11 is 0. The highest BCUT2D eigenvalue weighted by Crippen LogP contribution is 2.17. The van der Waals surface area contributed by atoms with Crippen LogP contribution in [-0.2, 0) is 26.0 Å². The first kappa shape index (κ1) is 24.0. The van der Waals surface area contributed by atoms with Crippen LogP contribution in [0.25, 0.3) is 0 Å². The molecule has 1 amide bonds. The van der Waals surface area contributed by atoms with Crippen molar-refractivity contribution in [3.05, 3.63) is 48.4 Å². The van der Waals surface area contributed by atoms with Gasteiger partial charge in [0.1, 0.15) is 5.76 Å². The average molecular weight is 481 g/mol. The molecule has 0 saturated heterocycles. The van der Waals surface area contributed by atoms with Crippen LogP contribution in [0.2, 0.25) is 0 Å². The Morgan fingerprint density at radius 2 is 2.03 bits per heavy atom. The number of rotatable bonds is 11. The van der Waals surface area contributed by atoms with Gasteiger partial charge in [-0.15, -0.1) is 0 Å². The van der Waals surface area contributed by atoms with Crippen molar-refractivity contribution in [2.75, 3.05) is 26.2 Å². The maximum Gasteiger partial charge on any atom is 0.409 e. The van der Waals surface area contributed by atoms with E-state index in [1.807, 2.05) is 0 Å². The van der Waals surface area contributed by atoms with E-state index >= 15 is 0 Å². The second kappa shape index (κ2) is 10.8. The summed E-state index contributed by atoms with van der Waals surface area (Å²) in [5, 5.41) is 21.6. The minimum absolute atomic E-state index is 0.0301. The first-order chi connectivity index (χ1) is 15.8. The van der Waals surface area contributed by atoms with Crippen LogP contribution >= 0.6 is 0 Å². The molecule has 2 aromatic rings. The number of nitrogens with zero attached hydrogens (tertiary/aromatic N) is 2. The van der Waals surface area contributed by atoms with Crippen molar-refractivity contribution >= 4 is 28.0 Å². The summed E-state index contributed by atoms with van der Waals surface area (Å²) in [5.74, 6) is -0.975. The SMILES string of the molecule is O=C(NC(Cc1ccno1)(NS(=O)(=O)c1ccccc1)C(=O)O)OCCCNC1=NCCN1. The quantitative estimate of drug-likeness (QED) is 0.210. The number of carboxylic acid groups (broad SMARTS) is 1. The minimum atomic E-state index is -4.34. The fraction of sp³-hybridized carbons (Fsp3) is 0.368. The number of hydrogen-bond acceptors (Lipinski definition) is 10. The molecule has 1 aromatic heterocycles. The highest BCUT2D eigenvalue weighted by atomic mass is 32.2. The van der Waals surface area contributed by atoms with E-state index in [4.69, 9.17) is 9.26 Å². The topological polar surface area (TPSA) is 184 Å². The third-order valence-electron chi connectivity index (χ3n) is 4.49. The lowest BCUT2D eigenvalue weighted by Crippen LogP contribution is -2.66. The van der Waals surface area contributed by atoms with Gasteiger partial charge < -0.3 is 25.0 Å². The first-order valence-electron chi connectivity index (χ1n) is 10.00. The Labute approximate surface area is 189 Å². The van der Waals surface area contributed by atoms with Gasteiger partial charge in [0.25, 0.3) is 0 Å². The van der Waals surface area contributed by atoms with Gasteiger partial charge in [-0.05, 0) is 18.6 Å². The smallest absolute Gasteiger partial charge is 0.409 e. The molecular formula is C19H24N6O7S. The van der Waals surface area contributed by atoms with E-state index in [1.165, 1.54) is 36.5 Å². The van der Waals surface area contributed by atoms with E-state index in [-0.39, 0.29) is 17.3 Å². The number of carbonyl (C=O) groups is 2. The normalized spacial score (nSPS) is 15.1. The van der Waals surface area contributed by atoms with Crippen LogP contribution in [-0.4, -0.2) is 68.6 Å². The molecule has 1 aliphatic heterocycles. The summed E-state index contributed by atoms with van der Waals surface area (Å²) in [6.45, 7) is 1.85. The lowest BCUT2D eigenvalue weighted by atomic mass is 10.1. The van der Waals surface area contributed by atoms with Crippen molar-refractivity contribution in [2.45, 2.75) is 23.4 Å². The second-order valence-corrected chi connectivity index (χ2v) is 8.67. The van der Waals surface area contributed by atoms with E-state index in [0.29, 0.717) is 25.5 Å². The number of ether oxygens (including phenoxy) is 1. The molecule has 14 heteroatoms. The van der Waals surface area contributed by atoms with Crippen LogP contribution in [0, 0.1) is 0 Å². The Morgan fingerprint density at radius 3 is 2.67 bits per heavy atom. The molecule has 0 fully saturated rings. The number of benzene rings is 1. The highest BCUT2D eigenvalue weighted by Gasteiger charge is 2.46. The fourth-order valence-corrected chi connectivity index (χ4v) is 4.23. The van der Waals surface area contributed by atoms with E-state index in [0.717, 1.165) is 6.54 Å². The van der Waals surface area contributed by atoms with Crippen molar-refractivity contribution in [2.24, 2.45) is 4.99 Å². The van der Waals surface area contributed by atoms with E-state index in [1.54, 1.807) is 6.07 Å². The highest BCUT2D eigenvalue weighted by molar-refractivity contribution is 7.89. The first-order valence-corrected chi connectivity index (χ1v) is 11.5. The molecule has 0 bridgehead atoms. The summed E-state index contributed by atoms with van der Waals surface area (Å²) in [7, 11) is -4.34. The van der Waals surface area contributed by atoms with E-state index in [2.05, 4.69) is 30.8 Å². The number of hydrogen-bond donors (Lipinski definition) is 5. The Bertz CT molecular complexity index is 1080. The van der Waals surface area contributed by atoms with Crippen molar-refractivity contribution in [3.63, 3.8) is 0 Å². The summed E-state index contributed by atoms with van der Waals surface area (Å²) in [4.78, 5) is 28.6. The number of sulfonamides is 1. The van der Waals surface area contributed by atoms with E-state index in [9.17, 15) is 23.1 Å². The molecule has 0 saturated carbocycles. The molecule has 0 spiro atoms. The fourth-order valence-electron chi connectivity index (χ4n) is 2.93. The molecule has 1 unspecified atom stereocenters. The predicted molar refractivity (Wildman–Crippen MR) is 115 cm³/mol. The molecule has 1 atom stereocenters. The van der Waals surface area contributed by atoms with Gasteiger partial charge in [0.05, 0.1) is 30.7 Å².